The van der Waals surface area contributed by atoms with E-state index in [1.54, 1.807) is 0 Å². The first-order chi connectivity index (χ1) is 8.18. The summed E-state index contributed by atoms with van der Waals surface area (Å²) in [5.74, 6) is -0.773. The number of carbonyl (C=O) groups is 2. The third-order valence-electron chi connectivity index (χ3n) is 3.00. The molecule has 1 aliphatic rings. The van der Waals surface area contributed by atoms with Crippen molar-refractivity contribution in [2.45, 2.75) is 51.0 Å². The average molecular weight is 242 g/mol. The van der Waals surface area contributed by atoms with Gasteiger partial charge in [0.05, 0.1) is 6.54 Å². The van der Waals surface area contributed by atoms with E-state index < -0.39 is 5.97 Å². The zero-order chi connectivity index (χ0) is 12.5. The molecule has 5 nitrogen and oxygen atoms in total. The van der Waals surface area contributed by atoms with E-state index in [9.17, 15) is 9.59 Å². The smallest absolute Gasteiger partial charge is 0.303 e. The highest BCUT2D eigenvalue weighted by atomic mass is 16.4. The Morgan fingerprint density at radius 2 is 1.88 bits per heavy atom. The molecule has 1 rings (SSSR count). The summed E-state index contributed by atoms with van der Waals surface area (Å²) in [6.45, 7) is 0.862. The van der Waals surface area contributed by atoms with Gasteiger partial charge in [-0.1, -0.05) is 19.3 Å². The van der Waals surface area contributed by atoms with Crippen molar-refractivity contribution in [1.29, 1.82) is 0 Å². The Labute approximate surface area is 102 Å². The number of hydrogen-bond acceptors (Lipinski definition) is 3. The fourth-order valence-electron chi connectivity index (χ4n) is 2.09. The van der Waals surface area contributed by atoms with Crippen molar-refractivity contribution >= 4 is 11.9 Å². The second-order valence-corrected chi connectivity index (χ2v) is 4.58. The number of aliphatic carboxylic acids is 1. The van der Waals surface area contributed by atoms with Gasteiger partial charge in [-0.3, -0.25) is 9.59 Å². The van der Waals surface area contributed by atoms with Gasteiger partial charge >= 0.3 is 5.97 Å². The number of nitrogens with one attached hydrogen (secondary N) is 2. The molecule has 0 aromatic heterocycles. The highest BCUT2D eigenvalue weighted by molar-refractivity contribution is 5.78. The normalized spacial score (nSPS) is 16.7. The van der Waals surface area contributed by atoms with Crippen molar-refractivity contribution in [1.82, 2.24) is 10.6 Å². The zero-order valence-electron chi connectivity index (χ0n) is 10.2. The van der Waals surface area contributed by atoms with Crippen LogP contribution in [0.25, 0.3) is 0 Å². The summed E-state index contributed by atoms with van der Waals surface area (Å²) in [5.41, 5.74) is 0. The fraction of sp³-hybridized carbons (Fsp3) is 0.833. The van der Waals surface area contributed by atoms with E-state index in [1.807, 2.05) is 0 Å². The summed E-state index contributed by atoms with van der Waals surface area (Å²) in [6, 6.07) is 0.345. The topological polar surface area (TPSA) is 78.4 Å². The van der Waals surface area contributed by atoms with Crippen molar-refractivity contribution in [3.63, 3.8) is 0 Å². The van der Waals surface area contributed by atoms with Gasteiger partial charge in [0.1, 0.15) is 0 Å². The van der Waals surface area contributed by atoms with Gasteiger partial charge in [-0.05, 0) is 25.8 Å². The van der Waals surface area contributed by atoms with Crippen LogP contribution in [0.3, 0.4) is 0 Å². The van der Waals surface area contributed by atoms with Crippen LogP contribution in [0.2, 0.25) is 0 Å². The van der Waals surface area contributed by atoms with Gasteiger partial charge in [0.25, 0.3) is 0 Å². The van der Waals surface area contributed by atoms with Crippen LogP contribution < -0.4 is 10.6 Å². The van der Waals surface area contributed by atoms with Crippen LogP contribution in [0.4, 0.5) is 0 Å². The first-order valence-corrected chi connectivity index (χ1v) is 6.40. The maximum atomic E-state index is 11.5. The molecule has 0 aromatic rings. The molecule has 5 heteroatoms. The van der Waals surface area contributed by atoms with Crippen LogP contribution in [0, 0.1) is 0 Å². The van der Waals surface area contributed by atoms with E-state index >= 15 is 0 Å². The number of rotatable bonds is 7. The second-order valence-electron chi connectivity index (χ2n) is 4.58. The molecule has 3 N–H and O–H groups in total. The molecule has 0 saturated heterocycles. The molecule has 0 atom stereocenters. The Bertz CT molecular complexity index is 250. The largest absolute Gasteiger partial charge is 0.481 e. The third kappa shape index (κ3) is 6.94. The lowest BCUT2D eigenvalue weighted by Gasteiger charge is -2.22. The average Bonchev–Trinajstić information content (AvgIpc) is 2.29. The number of hydrogen-bond donors (Lipinski definition) is 3. The Morgan fingerprint density at radius 3 is 2.53 bits per heavy atom. The van der Waals surface area contributed by atoms with E-state index in [-0.39, 0.29) is 18.9 Å². The predicted octanol–water partition coefficient (Wildman–Crippen LogP) is 0.890. The molecule has 0 aromatic carbocycles. The molecule has 98 valence electrons. The molecule has 17 heavy (non-hydrogen) atoms. The number of amides is 1. The highest BCUT2D eigenvalue weighted by Crippen LogP contribution is 2.16. The summed E-state index contributed by atoms with van der Waals surface area (Å²) in [4.78, 5) is 21.8. The van der Waals surface area contributed by atoms with Crippen LogP contribution in [-0.2, 0) is 9.59 Å². The number of carboxylic acid groups (broad SMARTS) is 1. The van der Waals surface area contributed by atoms with Crippen LogP contribution in [0.5, 0.6) is 0 Å². The minimum Gasteiger partial charge on any atom is -0.481 e. The fourth-order valence-corrected chi connectivity index (χ4v) is 2.09. The maximum Gasteiger partial charge on any atom is 0.303 e. The Hall–Kier alpha value is -1.10. The van der Waals surface area contributed by atoms with Crippen LogP contribution in [-0.4, -0.2) is 36.1 Å². The molecule has 0 spiro atoms. The lowest BCUT2D eigenvalue weighted by atomic mass is 9.95. The molecular formula is C12H22N2O3. The third-order valence-corrected chi connectivity index (χ3v) is 3.00. The van der Waals surface area contributed by atoms with Crippen molar-refractivity contribution in [2.75, 3.05) is 13.1 Å². The first-order valence-electron chi connectivity index (χ1n) is 6.40. The summed E-state index contributed by atoms with van der Waals surface area (Å²) in [5, 5.41) is 14.4. The van der Waals surface area contributed by atoms with E-state index in [0.29, 0.717) is 19.0 Å². The minimum atomic E-state index is -0.793. The van der Waals surface area contributed by atoms with Gasteiger partial charge in [-0.25, -0.2) is 0 Å². The van der Waals surface area contributed by atoms with E-state index in [4.69, 9.17) is 5.11 Å². The lowest BCUT2D eigenvalue weighted by Crippen LogP contribution is -2.41. The van der Waals surface area contributed by atoms with Gasteiger partial charge in [-0.15, -0.1) is 0 Å². The monoisotopic (exact) mass is 242 g/mol. The van der Waals surface area contributed by atoms with Gasteiger partial charge < -0.3 is 15.7 Å². The van der Waals surface area contributed by atoms with Gasteiger partial charge in [0.15, 0.2) is 0 Å². The van der Waals surface area contributed by atoms with Gasteiger partial charge in [-0.2, -0.15) is 0 Å². The van der Waals surface area contributed by atoms with Crippen LogP contribution >= 0.6 is 0 Å². The van der Waals surface area contributed by atoms with E-state index in [0.717, 1.165) is 12.8 Å². The molecule has 1 amide bonds. The van der Waals surface area contributed by atoms with Crippen molar-refractivity contribution in [2.24, 2.45) is 0 Å². The molecule has 0 bridgehead atoms. The van der Waals surface area contributed by atoms with Gasteiger partial charge in [0, 0.05) is 12.5 Å². The minimum absolute atomic E-state index is 0.0206. The number of carbonyl (C=O) groups excluding carboxylic acids is 1. The van der Waals surface area contributed by atoms with Crippen LogP contribution in [0.15, 0.2) is 0 Å². The molecule has 0 unspecified atom stereocenters. The summed E-state index contributed by atoms with van der Waals surface area (Å²) in [7, 11) is 0. The van der Waals surface area contributed by atoms with E-state index in [1.165, 1.54) is 19.3 Å². The van der Waals surface area contributed by atoms with Crippen molar-refractivity contribution < 1.29 is 14.7 Å². The predicted molar refractivity (Wildman–Crippen MR) is 64.8 cm³/mol. The molecule has 0 heterocycles. The van der Waals surface area contributed by atoms with Crippen molar-refractivity contribution in [3.8, 4) is 0 Å². The molecular weight excluding hydrogens is 220 g/mol. The summed E-state index contributed by atoms with van der Waals surface area (Å²) >= 11 is 0. The molecule has 1 saturated carbocycles. The molecule has 0 radical (unpaired) electrons. The molecule has 1 fully saturated rings. The maximum absolute atomic E-state index is 11.5. The first kappa shape index (κ1) is 14.0. The van der Waals surface area contributed by atoms with Crippen LogP contribution in [0.1, 0.15) is 44.9 Å². The highest BCUT2D eigenvalue weighted by Gasteiger charge is 2.14. The van der Waals surface area contributed by atoms with E-state index in [2.05, 4.69) is 10.6 Å². The zero-order valence-corrected chi connectivity index (χ0v) is 10.2. The molecule has 0 aliphatic heterocycles. The van der Waals surface area contributed by atoms with Crippen molar-refractivity contribution in [3.05, 3.63) is 0 Å². The Kier molecular flexibility index (Phi) is 6.62. The number of carboxylic acids is 1. The SMILES string of the molecule is O=C(O)CCCNCC(=O)NC1CCCCC1. The summed E-state index contributed by atoms with van der Waals surface area (Å²) < 4.78 is 0. The quantitative estimate of drug-likeness (QED) is 0.579. The Balaban J connectivity index is 1.98. The second kappa shape index (κ2) is 8.06. The molecule has 1 aliphatic carbocycles. The van der Waals surface area contributed by atoms with Gasteiger partial charge in [0.2, 0.25) is 5.91 Å². The standard InChI is InChI=1S/C12H22N2O3/c15-11(9-13-8-4-7-12(16)17)14-10-5-2-1-3-6-10/h10,13H,1-9H2,(H,14,15)(H,16,17). The summed E-state index contributed by atoms with van der Waals surface area (Å²) in [6.07, 6.45) is 6.58. The lowest BCUT2D eigenvalue weighted by molar-refractivity contribution is -0.137. The Morgan fingerprint density at radius 1 is 1.18 bits per heavy atom.